The molecule has 1 aliphatic carbocycles. The highest BCUT2D eigenvalue weighted by atomic mass is 35.5. The van der Waals surface area contributed by atoms with E-state index < -0.39 is 10.0 Å². The zero-order valence-corrected chi connectivity index (χ0v) is 11.8. The minimum absolute atomic E-state index is 0.0979. The Bertz CT molecular complexity index is 545. The zero-order valence-electron chi connectivity index (χ0n) is 10.2. The Morgan fingerprint density at radius 2 is 2.11 bits per heavy atom. The van der Waals surface area contributed by atoms with Crippen LogP contribution in [-0.2, 0) is 10.0 Å². The Balaban J connectivity index is 2.28. The average Bonchev–Trinajstić information content (AvgIpc) is 2.67. The van der Waals surface area contributed by atoms with E-state index in [1.807, 2.05) is 0 Å². The number of aryl methyl sites for hydroxylation is 1. The Hall–Kier alpha value is -0.620. The maximum absolute atomic E-state index is 12.3. The molecule has 1 aromatic carbocycles. The predicted molar refractivity (Wildman–Crippen MR) is 72.1 cm³/mol. The Morgan fingerprint density at radius 1 is 1.39 bits per heavy atom. The smallest absolute Gasteiger partial charge is 0.241 e. The summed E-state index contributed by atoms with van der Waals surface area (Å²) < 4.78 is 27.2. The number of hydrogen-bond acceptors (Lipinski definition) is 3. The molecule has 1 aromatic rings. The molecule has 1 saturated carbocycles. The summed E-state index contributed by atoms with van der Waals surface area (Å²) in [6.07, 6.45) is 2.62. The Morgan fingerprint density at radius 3 is 2.72 bits per heavy atom. The second-order valence-corrected chi connectivity index (χ2v) is 6.85. The number of rotatable bonds is 3. The molecule has 3 N–H and O–H groups in total. The number of hydrogen-bond donors (Lipinski definition) is 2. The molecule has 6 heteroatoms. The van der Waals surface area contributed by atoms with Gasteiger partial charge in [0.2, 0.25) is 10.0 Å². The normalized spacial score (nSPS) is 24.4. The summed E-state index contributed by atoms with van der Waals surface area (Å²) in [5, 5.41) is 0.414. The van der Waals surface area contributed by atoms with Crippen LogP contribution in [0.2, 0.25) is 5.02 Å². The van der Waals surface area contributed by atoms with E-state index in [4.69, 9.17) is 17.3 Å². The highest BCUT2D eigenvalue weighted by molar-refractivity contribution is 7.89. The third-order valence-electron chi connectivity index (χ3n) is 3.32. The SMILES string of the molecule is Cc1ccc(Cl)cc1S(=O)(=O)NC1CCCC1N. The van der Waals surface area contributed by atoms with Crippen molar-refractivity contribution in [1.82, 2.24) is 4.72 Å². The fourth-order valence-electron chi connectivity index (χ4n) is 2.26. The lowest BCUT2D eigenvalue weighted by Gasteiger charge is -2.18. The van der Waals surface area contributed by atoms with Crippen LogP contribution in [-0.4, -0.2) is 20.5 Å². The fourth-order valence-corrected chi connectivity index (χ4v) is 4.09. The van der Waals surface area contributed by atoms with Crippen LogP contribution in [0.5, 0.6) is 0 Å². The topological polar surface area (TPSA) is 72.2 Å². The third kappa shape index (κ3) is 2.85. The minimum atomic E-state index is -3.54. The monoisotopic (exact) mass is 288 g/mol. The van der Waals surface area contributed by atoms with Crippen LogP contribution in [0.3, 0.4) is 0 Å². The second-order valence-electron chi connectivity index (χ2n) is 4.73. The zero-order chi connectivity index (χ0) is 13.3. The molecule has 1 fully saturated rings. The molecule has 2 rings (SSSR count). The van der Waals surface area contributed by atoms with Gasteiger partial charge in [-0.05, 0) is 37.5 Å². The molecule has 18 heavy (non-hydrogen) atoms. The quantitative estimate of drug-likeness (QED) is 0.891. The largest absolute Gasteiger partial charge is 0.326 e. The van der Waals surface area contributed by atoms with Gasteiger partial charge in [0.25, 0.3) is 0 Å². The molecular formula is C12H17ClN2O2S. The van der Waals surface area contributed by atoms with Gasteiger partial charge in [-0.3, -0.25) is 0 Å². The van der Waals surface area contributed by atoms with Gasteiger partial charge in [-0.1, -0.05) is 24.1 Å². The van der Waals surface area contributed by atoms with Crippen molar-refractivity contribution in [3.05, 3.63) is 28.8 Å². The van der Waals surface area contributed by atoms with E-state index >= 15 is 0 Å². The first kappa shape index (κ1) is 13.8. The van der Waals surface area contributed by atoms with E-state index in [9.17, 15) is 8.42 Å². The molecule has 0 aliphatic heterocycles. The molecule has 0 aromatic heterocycles. The first-order valence-corrected chi connectivity index (χ1v) is 7.80. The maximum Gasteiger partial charge on any atom is 0.241 e. The van der Waals surface area contributed by atoms with E-state index in [1.54, 1.807) is 19.1 Å². The van der Waals surface area contributed by atoms with E-state index in [0.717, 1.165) is 19.3 Å². The lowest BCUT2D eigenvalue weighted by Crippen LogP contribution is -2.44. The standard InChI is InChI=1S/C12H17ClN2O2S/c1-8-5-6-9(13)7-12(8)18(16,17)15-11-4-2-3-10(11)14/h5-7,10-11,15H,2-4,14H2,1H3. The summed E-state index contributed by atoms with van der Waals surface area (Å²) >= 11 is 5.85. The second kappa shape index (κ2) is 5.17. The fraction of sp³-hybridized carbons (Fsp3) is 0.500. The Labute approximate surface area is 113 Å². The highest BCUT2D eigenvalue weighted by Gasteiger charge is 2.29. The van der Waals surface area contributed by atoms with Gasteiger partial charge in [-0.25, -0.2) is 13.1 Å². The average molecular weight is 289 g/mol. The molecule has 4 nitrogen and oxygen atoms in total. The number of sulfonamides is 1. The molecule has 1 aliphatic rings. The van der Waals surface area contributed by atoms with Gasteiger partial charge in [-0.15, -0.1) is 0 Å². The summed E-state index contributed by atoms with van der Waals surface area (Å²) in [6, 6.07) is 4.58. The molecule has 2 atom stereocenters. The lowest BCUT2D eigenvalue weighted by molar-refractivity contribution is 0.522. The van der Waals surface area contributed by atoms with Gasteiger partial charge in [0, 0.05) is 17.1 Å². The van der Waals surface area contributed by atoms with Crippen LogP contribution >= 0.6 is 11.6 Å². The number of halogens is 1. The minimum Gasteiger partial charge on any atom is -0.326 e. The predicted octanol–water partition coefficient (Wildman–Crippen LogP) is 1.81. The van der Waals surface area contributed by atoms with Crippen molar-refractivity contribution < 1.29 is 8.42 Å². The summed E-state index contributed by atoms with van der Waals surface area (Å²) in [4.78, 5) is 0.231. The molecular weight excluding hydrogens is 272 g/mol. The van der Waals surface area contributed by atoms with Gasteiger partial charge < -0.3 is 5.73 Å². The molecule has 0 spiro atoms. The summed E-state index contributed by atoms with van der Waals surface area (Å²) in [7, 11) is -3.54. The first-order valence-electron chi connectivity index (χ1n) is 5.94. The number of benzene rings is 1. The molecule has 0 saturated heterocycles. The highest BCUT2D eigenvalue weighted by Crippen LogP contribution is 2.23. The third-order valence-corrected chi connectivity index (χ3v) is 5.18. The van der Waals surface area contributed by atoms with Crippen LogP contribution in [0.4, 0.5) is 0 Å². The van der Waals surface area contributed by atoms with Crippen molar-refractivity contribution in [2.45, 2.75) is 43.2 Å². The van der Waals surface area contributed by atoms with Gasteiger partial charge >= 0.3 is 0 Å². The first-order chi connectivity index (χ1) is 8.40. The molecule has 100 valence electrons. The Kier molecular flexibility index (Phi) is 3.96. The van der Waals surface area contributed by atoms with Gasteiger partial charge in [-0.2, -0.15) is 0 Å². The molecule has 0 bridgehead atoms. The van der Waals surface area contributed by atoms with E-state index in [1.165, 1.54) is 6.07 Å². The van der Waals surface area contributed by atoms with Crippen molar-refractivity contribution in [2.24, 2.45) is 5.73 Å². The summed E-state index contributed by atoms with van der Waals surface area (Å²) in [5.41, 5.74) is 6.56. The van der Waals surface area contributed by atoms with Crippen molar-refractivity contribution in [1.29, 1.82) is 0 Å². The van der Waals surface area contributed by atoms with Crippen LogP contribution in [0.15, 0.2) is 23.1 Å². The van der Waals surface area contributed by atoms with Crippen molar-refractivity contribution in [3.63, 3.8) is 0 Å². The van der Waals surface area contributed by atoms with Gasteiger partial charge in [0.15, 0.2) is 0 Å². The molecule has 0 amide bonds. The van der Waals surface area contributed by atoms with E-state index in [0.29, 0.717) is 10.6 Å². The molecule has 0 heterocycles. The van der Waals surface area contributed by atoms with Crippen LogP contribution in [0.25, 0.3) is 0 Å². The number of nitrogens with one attached hydrogen (secondary N) is 1. The van der Waals surface area contributed by atoms with E-state index in [2.05, 4.69) is 4.72 Å². The van der Waals surface area contributed by atoms with Crippen LogP contribution in [0, 0.1) is 6.92 Å². The van der Waals surface area contributed by atoms with Crippen LogP contribution < -0.4 is 10.5 Å². The van der Waals surface area contributed by atoms with Crippen LogP contribution in [0.1, 0.15) is 24.8 Å². The van der Waals surface area contributed by atoms with E-state index in [-0.39, 0.29) is 17.0 Å². The summed E-state index contributed by atoms with van der Waals surface area (Å²) in [5.74, 6) is 0. The van der Waals surface area contributed by atoms with Gasteiger partial charge in [0.1, 0.15) is 0 Å². The summed E-state index contributed by atoms with van der Waals surface area (Å²) in [6.45, 7) is 1.75. The van der Waals surface area contributed by atoms with Crippen molar-refractivity contribution in [3.8, 4) is 0 Å². The van der Waals surface area contributed by atoms with Crippen molar-refractivity contribution >= 4 is 21.6 Å². The van der Waals surface area contributed by atoms with Gasteiger partial charge in [0.05, 0.1) is 4.90 Å². The molecule has 0 radical (unpaired) electrons. The van der Waals surface area contributed by atoms with Crippen molar-refractivity contribution in [2.75, 3.05) is 0 Å². The lowest BCUT2D eigenvalue weighted by atomic mass is 10.2. The maximum atomic E-state index is 12.3. The molecule has 2 unspecified atom stereocenters. The number of nitrogens with two attached hydrogens (primary N) is 1.